The van der Waals surface area contributed by atoms with Gasteiger partial charge in [0.25, 0.3) is 5.91 Å². The predicted octanol–water partition coefficient (Wildman–Crippen LogP) is 3.17. The van der Waals surface area contributed by atoms with Gasteiger partial charge in [0, 0.05) is 27.9 Å². The monoisotopic (exact) mass is 397 g/mol. The van der Waals surface area contributed by atoms with Crippen LogP contribution in [0.2, 0.25) is 0 Å². The first-order valence-electron chi connectivity index (χ1n) is 7.00. The highest BCUT2D eigenvalue weighted by Crippen LogP contribution is 2.09. The summed E-state index contributed by atoms with van der Waals surface area (Å²) in [6, 6.07) is 9.67. The first kappa shape index (κ1) is 16.0. The number of nitrogens with zero attached hydrogens (tertiary/aromatic N) is 2. The number of aromatic nitrogens is 2. The summed E-state index contributed by atoms with van der Waals surface area (Å²) in [5.41, 5.74) is 2.89. The molecule has 2 rings (SSSR count). The minimum absolute atomic E-state index is 0.0197. The summed E-state index contributed by atoms with van der Waals surface area (Å²) in [5.74, 6) is 0.309. The van der Waals surface area contributed by atoms with E-state index in [4.69, 9.17) is 0 Å². The Morgan fingerprint density at radius 3 is 2.76 bits per heavy atom. The van der Waals surface area contributed by atoms with Gasteiger partial charge >= 0.3 is 0 Å². The molecule has 0 saturated heterocycles. The largest absolute Gasteiger partial charge is 0.352 e. The molecule has 0 spiro atoms. The van der Waals surface area contributed by atoms with Crippen molar-refractivity contribution in [2.75, 3.05) is 6.54 Å². The van der Waals surface area contributed by atoms with Crippen LogP contribution in [0, 0.1) is 23.3 Å². The van der Waals surface area contributed by atoms with Crippen molar-refractivity contribution in [2.24, 2.45) is 5.92 Å². The minimum atomic E-state index is -0.0197. The molecule has 1 atom stereocenters. The molecule has 112 valence electrons. The van der Waals surface area contributed by atoms with E-state index in [2.05, 4.69) is 52.9 Å². The fourth-order valence-electron chi connectivity index (χ4n) is 2.22. The highest BCUT2D eigenvalue weighted by atomic mass is 127. The number of hydrogen-bond acceptors (Lipinski definition) is 2. The maximum Gasteiger partial charge on any atom is 0.251 e. The smallest absolute Gasteiger partial charge is 0.251 e. The Labute approximate surface area is 139 Å². The van der Waals surface area contributed by atoms with Crippen molar-refractivity contribution in [3.8, 4) is 0 Å². The average molecular weight is 397 g/mol. The Morgan fingerprint density at radius 2 is 2.14 bits per heavy atom. The predicted molar refractivity (Wildman–Crippen MR) is 92.4 cm³/mol. The van der Waals surface area contributed by atoms with Crippen LogP contribution < -0.4 is 5.32 Å². The van der Waals surface area contributed by atoms with Crippen molar-refractivity contribution >= 4 is 28.5 Å². The number of aryl methyl sites for hydroxylation is 2. The summed E-state index contributed by atoms with van der Waals surface area (Å²) in [6.07, 6.45) is 0. The molecule has 0 bridgehead atoms. The standard InChI is InChI=1S/C16H20IN3O/c1-11(10-20-13(3)7-12(2)19-20)9-18-16(21)14-5-4-6-15(17)8-14/h4-8,11H,9-10H2,1-3H3,(H,18,21). The number of benzene rings is 1. The van der Waals surface area contributed by atoms with Crippen LogP contribution in [0.15, 0.2) is 30.3 Å². The molecule has 0 aliphatic carbocycles. The zero-order valence-electron chi connectivity index (χ0n) is 12.6. The summed E-state index contributed by atoms with van der Waals surface area (Å²) < 4.78 is 3.06. The average Bonchev–Trinajstić information content (AvgIpc) is 2.74. The molecular formula is C16H20IN3O. The number of hydrogen-bond donors (Lipinski definition) is 1. The van der Waals surface area contributed by atoms with Gasteiger partial charge < -0.3 is 5.32 Å². The van der Waals surface area contributed by atoms with Crippen molar-refractivity contribution in [1.29, 1.82) is 0 Å². The van der Waals surface area contributed by atoms with E-state index in [1.807, 2.05) is 35.9 Å². The highest BCUT2D eigenvalue weighted by molar-refractivity contribution is 14.1. The van der Waals surface area contributed by atoms with Crippen LogP contribution in [0.1, 0.15) is 28.7 Å². The normalized spacial score (nSPS) is 12.2. The van der Waals surface area contributed by atoms with Gasteiger partial charge in [-0.05, 0) is 66.6 Å². The third-order valence-electron chi connectivity index (χ3n) is 3.29. The number of carbonyl (C=O) groups excluding carboxylic acids is 1. The van der Waals surface area contributed by atoms with Crippen LogP contribution >= 0.6 is 22.6 Å². The number of nitrogens with one attached hydrogen (secondary N) is 1. The number of carbonyl (C=O) groups is 1. The molecule has 1 heterocycles. The van der Waals surface area contributed by atoms with E-state index in [0.717, 1.165) is 21.5 Å². The zero-order chi connectivity index (χ0) is 15.4. The molecule has 4 nitrogen and oxygen atoms in total. The molecule has 1 aromatic carbocycles. The summed E-state index contributed by atoms with van der Waals surface area (Å²) in [5, 5.41) is 7.44. The van der Waals surface area contributed by atoms with E-state index in [9.17, 15) is 4.79 Å². The third-order valence-corrected chi connectivity index (χ3v) is 3.96. The van der Waals surface area contributed by atoms with Crippen molar-refractivity contribution in [1.82, 2.24) is 15.1 Å². The Morgan fingerprint density at radius 1 is 1.38 bits per heavy atom. The first-order chi connectivity index (χ1) is 9.95. The molecular weight excluding hydrogens is 377 g/mol. The van der Waals surface area contributed by atoms with Crippen LogP contribution in [0.25, 0.3) is 0 Å². The van der Waals surface area contributed by atoms with E-state index in [1.165, 1.54) is 0 Å². The zero-order valence-corrected chi connectivity index (χ0v) is 14.7. The number of amides is 1. The maximum absolute atomic E-state index is 12.1. The van der Waals surface area contributed by atoms with Gasteiger partial charge in [-0.25, -0.2) is 0 Å². The molecule has 2 aromatic rings. The van der Waals surface area contributed by atoms with E-state index in [1.54, 1.807) is 0 Å². The minimum Gasteiger partial charge on any atom is -0.352 e. The molecule has 0 aliphatic heterocycles. The van der Waals surface area contributed by atoms with Crippen LogP contribution in [-0.2, 0) is 6.54 Å². The lowest BCUT2D eigenvalue weighted by Gasteiger charge is -2.14. The summed E-state index contributed by atoms with van der Waals surface area (Å²) in [7, 11) is 0. The van der Waals surface area contributed by atoms with Crippen LogP contribution in [0.5, 0.6) is 0 Å². The van der Waals surface area contributed by atoms with Crippen LogP contribution in [0.3, 0.4) is 0 Å². The Kier molecular flexibility index (Phi) is 5.39. The molecule has 5 heteroatoms. The van der Waals surface area contributed by atoms with Gasteiger partial charge in [-0.15, -0.1) is 0 Å². The molecule has 1 N–H and O–H groups in total. The molecule has 0 aliphatic rings. The molecule has 1 aromatic heterocycles. The lowest BCUT2D eigenvalue weighted by Crippen LogP contribution is -2.30. The molecule has 21 heavy (non-hydrogen) atoms. The first-order valence-corrected chi connectivity index (χ1v) is 8.08. The second-order valence-corrected chi connectivity index (χ2v) is 6.68. The van der Waals surface area contributed by atoms with Crippen molar-refractivity contribution in [3.63, 3.8) is 0 Å². The topological polar surface area (TPSA) is 46.9 Å². The molecule has 1 amide bonds. The van der Waals surface area contributed by atoms with E-state index in [0.29, 0.717) is 18.0 Å². The van der Waals surface area contributed by atoms with E-state index in [-0.39, 0.29) is 5.91 Å². The lowest BCUT2D eigenvalue weighted by atomic mass is 10.1. The Hall–Kier alpha value is -1.37. The maximum atomic E-state index is 12.1. The quantitative estimate of drug-likeness (QED) is 0.788. The van der Waals surface area contributed by atoms with Gasteiger partial charge in [0.1, 0.15) is 0 Å². The SMILES string of the molecule is Cc1cc(C)n(CC(C)CNC(=O)c2cccc(I)c2)n1. The second-order valence-electron chi connectivity index (χ2n) is 5.43. The van der Waals surface area contributed by atoms with Crippen LogP contribution in [0.4, 0.5) is 0 Å². The molecule has 0 radical (unpaired) electrons. The number of halogens is 1. The van der Waals surface area contributed by atoms with E-state index >= 15 is 0 Å². The van der Waals surface area contributed by atoms with Gasteiger partial charge in [0.15, 0.2) is 0 Å². The van der Waals surface area contributed by atoms with Crippen molar-refractivity contribution in [2.45, 2.75) is 27.3 Å². The lowest BCUT2D eigenvalue weighted by molar-refractivity contribution is 0.0946. The fraction of sp³-hybridized carbons (Fsp3) is 0.375. The molecule has 0 fully saturated rings. The van der Waals surface area contributed by atoms with Gasteiger partial charge in [0.05, 0.1) is 5.69 Å². The fourth-order valence-corrected chi connectivity index (χ4v) is 2.76. The van der Waals surface area contributed by atoms with Gasteiger partial charge in [-0.2, -0.15) is 5.10 Å². The van der Waals surface area contributed by atoms with Crippen molar-refractivity contribution < 1.29 is 4.79 Å². The molecule has 1 unspecified atom stereocenters. The van der Waals surface area contributed by atoms with E-state index < -0.39 is 0 Å². The van der Waals surface area contributed by atoms with Gasteiger partial charge in [-0.3, -0.25) is 9.48 Å². The van der Waals surface area contributed by atoms with Gasteiger partial charge in [-0.1, -0.05) is 13.0 Å². The highest BCUT2D eigenvalue weighted by Gasteiger charge is 2.10. The summed E-state index contributed by atoms with van der Waals surface area (Å²) in [4.78, 5) is 12.1. The molecule has 0 saturated carbocycles. The summed E-state index contributed by atoms with van der Waals surface area (Å²) in [6.45, 7) is 7.62. The number of rotatable bonds is 5. The third kappa shape index (κ3) is 4.56. The van der Waals surface area contributed by atoms with Crippen molar-refractivity contribution in [3.05, 3.63) is 50.9 Å². The van der Waals surface area contributed by atoms with Gasteiger partial charge in [0.2, 0.25) is 0 Å². The Balaban J connectivity index is 1.88. The summed E-state index contributed by atoms with van der Waals surface area (Å²) >= 11 is 2.21. The van der Waals surface area contributed by atoms with Crippen LogP contribution in [-0.4, -0.2) is 22.2 Å². The second kappa shape index (κ2) is 7.06. The Bertz CT molecular complexity index is 636.